The molecule has 1 aromatic heterocycles. The van der Waals surface area contributed by atoms with Crippen molar-refractivity contribution in [1.82, 2.24) is 14.9 Å². The summed E-state index contributed by atoms with van der Waals surface area (Å²) in [6, 6.07) is 5.85. The lowest BCUT2D eigenvalue weighted by molar-refractivity contribution is -0.111. The summed E-state index contributed by atoms with van der Waals surface area (Å²) in [5.74, 6) is 1.27. The van der Waals surface area contributed by atoms with Crippen LogP contribution < -0.4 is 20.7 Å². The van der Waals surface area contributed by atoms with E-state index < -0.39 is 0 Å². The third kappa shape index (κ3) is 4.21. The Morgan fingerprint density at radius 1 is 1.24 bits per heavy atom. The van der Waals surface area contributed by atoms with Crippen LogP contribution in [0.5, 0.6) is 5.75 Å². The first kappa shape index (κ1) is 22.6. The number of nitrogens with one attached hydrogen (secondary N) is 1. The molecule has 2 fully saturated rings. The first-order valence-corrected chi connectivity index (χ1v) is 11.9. The van der Waals surface area contributed by atoms with Crippen molar-refractivity contribution in [3.63, 3.8) is 0 Å². The number of anilines is 2. The summed E-state index contributed by atoms with van der Waals surface area (Å²) in [6.45, 7) is 7.07. The number of nitrogens with two attached hydrogens (primary N) is 1. The van der Waals surface area contributed by atoms with Crippen LogP contribution >= 0.6 is 0 Å². The van der Waals surface area contributed by atoms with E-state index in [9.17, 15) is 4.79 Å². The SMILES string of the molecule is C[C@@H]1CN(C)CC[C@]12Cc1cc(NC(=O)C(=CN)c3ncccn3)c(N3CCOCC3)cc1O2. The second kappa shape index (κ2) is 9.23. The summed E-state index contributed by atoms with van der Waals surface area (Å²) >= 11 is 0. The molecule has 0 aliphatic carbocycles. The Labute approximate surface area is 199 Å². The predicted octanol–water partition coefficient (Wildman–Crippen LogP) is 1.90. The van der Waals surface area contributed by atoms with Crippen molar-refractivity contribution in [2.75, 3.05) is 56.7 Å². The van der Waals surface area contributed by atoms with Crippen molar-refractivity contribution < 1.29 is 14.3 Å². The van der Waals surface area contributed by atoms with Crippen LogP contribution in [0.15, 0.2) is 36.8 Å². The van der Waals surface area contributed by atoms with Crippen molar-refractivity contribution in [3.05, 3.63) is 48.2 Å². The lowest BCUT2D eigenvalue weighted by atomic mass is 9.79. The van der Waals surface area contributed by atoms with Gasteiger partial charge in [-0.15, -0.1) is 0 Å². The molecule has 1 aromatic carbocycles. The maximum Gasteiger partial charge on any atom is 0.261 e. The van der Waals surface area contributed by atoms with E-state index in [0.717, 1.165) is 61.7 Å². The molecule has 1 spiro atoms. The number of rotatable bonds is 4. The Bertz CT molecular complexity index is 1090. The van der Waals surface area contributed by atoms with Gasteiger partial charge in [-0.05, 0) is 19.2 Å². The second-order valence-corrected chi connectivity index (χ2v) is 9.44. The van der Waals surface area contributed by atoms with Crippen LogP contribution in [0.4, 0.5) is 11.4 Å². The first-order valence-electron chi connectivity index (χ1n) is 11.9. The van der Waals surface area contributed by atoms with E-state index >= 15 is 0 Å². The Morgan fingerprint density at radius 3 is 2.71 bits per heavy atom. The lowest BCUT2D eigenvalue weighted by Gasteiger charge is -2.42. The molecule has 3 N–H and O–H groups in total. The maximum absolute atomic E-state index is 13.2. The van der Waals surface area contributed by atoms with Gasteiger partial charge >= 0.3 is 0 Å². The van der Waals surface area contributed by atoms with E-state index in [-0.39, 0.29) is 17.1 Å². The van der Waals surface area contributed by atoms with Crippen LogP contribution in [-0.4, -0.2) is 72.8 Å². The molecule has 1 amide bonds. The first-order chi connectivity index (χ1) is 16.5. The fraction of sp³-hybridized carbons (Fsp3) is 0.480. The van der Waals surface area contributed by atoms with Crippen molar-refractivity contribution in [2.45, 2.75) is 25.4 Å². The molecule has 2 atom stereocenters. The highest BCUT2D eigenvalue weighted by Crippen LogP contribution is 2.47. The summed E-state index contributed by atoms with van der Waals surface area (Å²) in [5.41, 5.74) is 8.62. The highest BCUT2D eigenvalue weighted by molar-refractivity contribution is 6.24. The standard InChI is InChI=1S/C25H32N6O3/c1-17-16-30(2)7-4-25(17)14-18-12-20(21(13-22(18)34-25)31-8-10-33-11-9-31)29-24(32)19(15-26)23-27-5-3-6-28-23/h3,5-6,12-13,15,17H,4,7-11,14,16,26H2,1-2H3,(H,29,32)/t17-,25+/m1/s1. The van der Waals surface area contributed by atoms with Gasteiger partial charge < -0.3 is 30.3 Å². The summed E-state index contributed by atoms with van der Waals surface area (Å²) in [6.07, 6.45) is 6.26. The van der Waals surface area contributed by atoms with Crippen molar-refractivity contribution in [3.8, 4) is 5.75 Å². The third-order valence-corrected chi connectivity index (χ3v) is 7.20. The molecule has 0 unspecified atom stereocenters. The summed E-state index contributed by atoms with van der Waals surface area (Å²) in [7, 11) is 2.16. The number of hydrogen-bond donors (Lipinski definition) is 2. The molecule has 9 nitrogen and oxygen atoms in total. The number of fused-ring (bicyclic) bond motifs is 1. The van der Waals surface area contributed by atoms with Gasteiger partial charge in [0.25, 0.3) is 5.91 Å². The molecule has 2 saturated heterocycles. The number of morpholine rings is 1. The van der Waals surface area contributed by atoms with Crippen LogP contribution in [0, 0.1) is 5.92 Å². The van der Waals surface area contributed by atoms with E-state index in [0.29, 0.717) is 25.0 Å². The molecular weight excluding hydrogens is 432 g/mol. The number of carbonyl (C=O) groups is 1. The van der Waals surface area contributed by atoms with E-state index in [1.165, 1.54) is 6.20 Å². The average Bonchev–Trinajstić information content (AvgIpc) is 3.21. The monoisotopic (exact) mass is 464 g/mol. The van der Waals surface area contributed by atoms with Gasteiger partial charge in [-0.1, -0.05) is 6.92 Å². The van der Waals surface area contributed by atoms with Gasteiger partial charge in [-0.2, -0.15) is 0 Å². The summed E-state index contributed by atoms with van der Waals surface area (Å²) in [4.78, 5) is 26.2. The molecule has 2 aromatic rings. The van der Waals surface area contributed by atoms with Gasteiger partial charge in [0.05, 0.1) is 30.2 Å². The molecule has 0 radical (unpaired) electrons. The van der Waals surface area contributed by atoms with Crippen LogP contribution in [-0.2, 0) is 16.0 Å². The van der Waals surface area contributed by atoms with Crippen LogP contribution in [0.3, 0.4) is 0 Å². The normalized spacial score (nSPS) is 25.2. The van der Waals surface area contributed by atoms with Gasteiger partial charge in [0.2, 0.25) is 0 Å². The third-order valence-electron chi connectivity index (χ3n) is 7.20. The number of hydrogen-bond acceptors (Lipinski definition) is 8. The smallest absolute Gasteiger partial charge is 0.261 e. The number of aromatic nitrogens is 2. The minimum Gasteiger partial charge on any atom is -0.486 e. The fourth-order valence-corrected chi connectivity index (χ4v) is 5.24. The largest absolute Gasteiger partial charge is 0.486 e. The Hall–Kier alpha value is -3.17. The van der Waals surface area contributed by atoms with E-state index in [4.69, 9.17) is 15.2 Å². The molecular formula is C25H32N6O3. The fourth-order valence-electron chi connectivity index (χ4n) is 5.24. The van der Waals surface area contributed by atoms with E-state index in [2.05, 4.69) is 51.2 Å². The Balaban J connectivity index is 1.47. The second-order valence-electron chi connectivity index (χ2n) is 9.44. The molecule has 5 rings (SSSR count). The topological polar surface area (TPSA) is 106 Å². The predicted molar refractivity (Wildman–Crippen MR) is 131 cm³/mol. The zero-order chi connectivity index (χ0) is 23.7. The zero-order valence-corrected chi connectivity index (χ0v) is 19.8. The summed E-state index contributed by atoms with van der Waals surface area (Å²) in [5, 5.41) is 3.08. The molecule has 180 valence electrons. The van der Waals surface area contributed by atoms with Crippen LogP contribution in [0.2, 0.25) is 0 Å². The number of benzene rings is 1. The van der Waals surface area contributed by atoms with Gasteiger partial charge in [0.15, 0.2) is 5.82 Å². The van der Waals surface area contributed by atoms with Crippen molar-refractivity contribution >= 4 is 22.9 Å². The highest BCUT2D eigenvalue weighted by Gasteiger charge is 2.47. The van der Waals surface area contributed by atoms with Gasteiger partial charge in [-0.25, -0.2) is 9.97 Å². The molecule has 9 heteroatoms. The maximum atomic E-state index is 13.2. The van der Waals surface area contributed by atoms with E-state index in [1.54, 1.807) is 18.5 Å². The molecule has 0 bridgehead atoms. The minimum atomic E-state index is -0.343. The van der Waals surface area contributed by atoms with Crippen molar-refractivity contribution in [1.29, 1.82) is 0 Å². The lowest BCUT2D eigenvalue weighted by Crippen LogP contribution is -2.52. The number of carbonyl (C=O) groups excluding carboxylic acids is 1. The Kier molecular flexibility index (Phi) is 6.14. The van der Waals surface area contributed by atoms with Crippen LogP contribution in [0.25, 0.3) is 5.57 Å². The van der Waals surface area contributed by atoms with Crippen molar-refractivity contribution in [2.24, 2.45) is 11.7 Å². The van der Waals surface area contributed by atoms with Gasteiger partial charge in [0, 0.05) is 75.2 Å². The Morgan fingerprint density at radius 2 is 2.00 bits per heavy atom. The number of nitrogens with zero attached hydrogens (tertiary/aromatic N) is 4. The highest BCUT2D eigenvalue weighted by atomic mass is 16.5. The number of piperidine rings is 1. The van der Waals surface area contributed by atoms with Crippen LogP contribution in [0.1, 0.15) is 24.7 Å². The number of likely N-dealkylation sites (tertiary alicyclic amines) is 1. The summed E-state index contributed by atoms with van der Waals surface area (Å²) < 4.78 is 12.2. The van der Waals surface area contributed by atoms with Gasteiger partial charge in [0.1, 0.15) is 11.4 Å². The molecule has 3 aliphatic rings. The molecule has 0 saturated carbocycles. The molecule has 4 heterocycles. The van der Waals surface area contributed by atoms with E-state index in [1.807, 2.05) is 0 Å². The number of ether oxygens (including phenoxy) is 2. The zero-order valence-electron chi connectivity index (χ0n) is 19.8. The molecule has 3 aliphatic heterocycles. The molecule has 34 heavy (non-hydrogen) atoms. The number of amides is 1. The quantitative estimate of drug-likeness (QED) is 0.661. The average molecular weight is 465 g/mol. The minimum absolute atomic E-state index is 0.194. The van der Waals surface area contributed by atoms with Gasteiger partial charge in [-0.3, -0.25) is 4.79 Å².